The molecule has 20 heavy (non-hydrogen) atoms. The van der Waals surface area contributed by atoms with Gasteiger partial charge in [-0.05, 0) is 25.0 Å². The minimum atomic E-state index is -0.959. The second kappa shape index (κ2) is 8.16. The van der Waals surface area contributed by atoms with Gasteiger partial charge in [-0.1, -0.05) is 18.2 Å². The Morgan fingerprint density at radius 3 is 2.65 bits per heavy atom. The van der Waals surface area contributed by atoms with Crippen molar-refractivity contribution in [1.29, 1.82) is 0 Å². The molecular formula is C14H20N2O4. The van der Waals surface area contributed by atoms with Crippen molar-refractivity contribution in [3.63, 3.8) is 0 Å². The molecule has 1 aromatic carbocycles. The van der Waals surface area contributed by atoms with Gasteiger partial charge in [0.05, 0.1) is 11.7 Å². The van der Waals surface area contributed by atoms with Crippen LogP contribution in [0, 0.1) is 0 Å². The van der Waals surface area contributed by atoms with Gasteiger partial charge >= 0.3 is 12.0 Å². The molecule has 110 valence electrons. The molecule has 0 saturated heterocycles. The van der Waals surface area contributed by atoms with Crippen LogP contribution in [0.15, 0.2) is 24.3 Å². The van der Waals surface area contributed by atoms with Gasteiger partial charge in [0, 0.05) is 20.2 Å². The molecule has 1 aromatic rings. The topological polar surface area (TPSA) is 87.7 Å². The van der Waals surface area contributed by atoms with Crippen LogP contribution < -0.4 is 10.6 Å². The van der Waals surface area contributed by atoms with E-state index in [1.807, 2.05) is 6.92 Å². The molecule has 0 aliphatic carbocycles. The van der Waals surface area contributed by atoms with E-state index in [4.69, 9.17) is 9.84 Å². The summed E-state index contributed by atoms with van der Waals surface area (Å²) in [5.74, 6) is -0.959. The Labute approximate surface area is 118 Å². The lowest BCUT2D eigenvalue weighted by atomic mass is 10.0. The molecule has 6 nitrogen and oxygen atoms in total. The molecule has 0 saturated carbocycles. The van der Waals surface area contributed by atoms with E-state index in [0.717, 1.165) is 0 Å². The average Bonchev–Trinajstić information content (AvgIpc) is 2.45. The molecule has 1 atom stereocenters. The fraction of sp³-hybridized carbons (Fsp3) is 0.429. The van der Waals surface area contributed by atoms with Crippen LogP contribution >= 0.6 is 0 Å². The lowest BCUT2D eigenvalue weighted by Crippen LogP contribution is -2.40. The Bertz CT molecular complexity index is 462. The first-order valence-corrected chi connectivity index (χ1v) is 6.40. The Morgan fingerprint density at radius 1 is 1.30 bits per heavy atom. The first kappa shape index (κ1) is 16.0. The Balaban J connectivity index is 2.37. The number of carboxylic acid groups (broad SMARTS) is 1. The van der Waals surface area contributed by atoms with E-state index in [2.05, 4.69) is 10.6 Å². The zero-order chi connectivity index (χ0) is 15.0. The van der Waals surface area contributed by atoms with Gasteiger partial charge in [-0.15, -0.1) is 0 Å². The molecule has 0 aromatic heterocycles. The van der Waals surface area contributed by atoms with Crippen molar-refractivity contribution in [2.45, 2.75) is 19.4 Å². The number of hydrogen-bond acceptors (Lipinski definition) is 3. The third-order valence-electron chi connectivity index (χ3n) is 2.88. The molecule has 1 rings (SSSR count). The maximum Gasteiger partial charge on any atom is 0.335 e. The maximum atomic E-state index is 11.5. The molecule has 0 aliphatic rings. The number of aromatic carboxylic acids is 1. The minimum Gasteiger partial charge on any atom is -0.478 e. The molecule has 0 bridgehead atoms. The summed E-state index contributed by atoms with van der Waals surface area (Å²) in [4.78, 5) is 22.5. The molecule has 2 amide bonds. The number of nitrogens with one attached hydrogen (secondary N) is 2. The number of benzene rings is 1. The Hall–Kier alpha value is -2.08. The summed E-state index contributed by atoms with van der Waals surface area (Å²) in [6.07, 6.45) is 0.420. The second-order valence-electron chi connectivity index (χ2n) is 4.40. The van der Waals surface area contributed by atoms with Crippen LogP contribution in [0.4, 0.5) is 4.79 Å². The number of hydrogen-bond donors (Lipinski definition) is 3. The van der Waals surface area contributed by atoms with Crippen LogP contribution in [-0.2, 0) is 11.2 Å². The lowest BCUT2D eigenvalue weighted by Gasteiger charge is -2.12. The monoisotopic (exact) mass is 280 g/mol. The van der Waals surface area contributed by atoms with Gasteiger partial charge < -0.3 is 20.5 Å². The van der Waals surface area contributed by atoms with E-state index in [9.17, 15) is 9.59 Å². The van der Waals surface area contributed by atoms with Crippen LogP contribution in [0.2, 0.25) is 0 Å². The zero-order valence-corrected chi connectivity index (χ0v) is 11.7. The van der Waals surface area contributed by atoms with Crippen molar-refractivity contribution in [2.75, 3.05) is 20.2 Å². The average molecular weight is 280 g/mol. The van der Waals surface area contributed by atoms with E-state index in [1.165, 1.54) is 0 Å². The van der Waals surface area contributed by atoms with Gasteiger partial charge in [-0.3, -0.25) is 0 Å². The molecule has 0 fully saturated rings. The predicted octanol–water partition coefficient (Wildman–Crippen LogP) is 1.26. The zero-order valence-electron chi connectivity index (χ0n) is 11.7. The summed E-state index contributed by atoms with van der Waals surface area (Å²) in [6.45, 7) is 2.65. The van der Waals surface area contributed by atoms with Gasteiger partial charge in [0.1, 0.15) is 0 Å². The highest BCUT2D eigenvalue weighted by Crippen LogP contribution is 2.08. The van der Waals surface area contributed by atoms with Crippen molar-refractivity contribution in [2.24, 2.45) is 0 Å². The van der Waals surface area contributed by atoms with Crippen molar-refractivity contribution in [1.82, 2.24) is 10.6 Å². The van der Waals surface area contributed by atoms with Gasteiger partial charge in [0.25, 0.3) is 0 Å². The number of carboxylic acids is 1. The molecule has 0 radical (unpaired) electrons. The number of carbonyl (C=O) groups is 2. The third kappa shape index (κ3) is 5.27. The Morgan fingerprint density at radius 2 is 2.00 bits per heavy atom. The number of ether oxygens (including phenoxy) is 1. The van der Waals surface area contributed by atoms with Crippen LogP contribution in [-0.4, -0.2) is 43.4 Å². The highest BCUT2D eigenvalue weighted by Gasteiger charge is 2.09. The number of methoxy groups -OCH3 is 1. The number of carbonyl (C=O) groups excluding carboxylic acids is 1. The molecule has 3 N–H and O–H groups in total. The number of amides is 2. The van der Waals surface area contributed by atoms with Crippen LogP contribution in [0.25, 0.3) is 0 Å². The third-order valence-corrected chi connectivity index (χ3v) is 2.88. The second-order valence-corrected chi connectivity index (χ2v) is 4.40. The van der Waals surface area contributed by atoms with Crippen LogP contribution in [0.1, 0.15) is 22.8 Å². The predicted molar refractivity (Wildman–Crippen MR) is 75.0 cm³/mol. The van der Waals surface area contributed by atoms with E-state index in [0.29, 0.717) is 25.1 Å². The first-order chi connectivity index (χ1) is 9.54. The van der Waals surface area contributed by atoms with E-state index in [1.54, 1.807) is 31.4 Å². The summed E-state index contributed by atoms with van der Waals surface area (Å²) in [5.41, 5.74) is 0.966. The van der Waals surface area contributed by atoms with Crippen LogP contribution in [0.3, 0.4) is 0 Å². The molecule has 1 unspecified atom stereocenters. The van der Waals surface area contributed by atoms with Crippen molar-refractivity contribution in [3.8, 4) is 0 Å². The molecular weight excluding hydrogens is 260 g/mol. The molecule has 0 heterocycles. The fourth-order valence-electron chi connectivity index (χ4n) is 1.64. The Kier molecular flexibility index (Phi) is 6.52. The van der Waals surface area contributed by atoms with Crippen molar-refractivity contribution < 1.29 is 19.4 Å². The number of rotatable bonds is 7. The molecule has 6 heteroatoms. The summed E-state index contributed by atoms with van der Waals surface area (Å²) in [7, 11) is 1.58. The minimum absolute atomic E-state index is 0.0477. The van der Waals surface area contributed by atoms with Gasteiger partial charge in [0.2, 0.25) is 0 Å². The number of urea groups is 1. The highest BCUT2D eigenvalue weighted by atomic mass is 16.5. The normalized spacial score (nSPS) is 11.7. The van der Waals surface area contributed by atoms with E-state index in [-0.39, 0.29) is 17.7 Å². The summed E-state index contributed by atoms with van der Waals surface area (Å²) >= 11 is 0. The summed E-state index contributed by atoms with van der Waals surface area (Å²) in [6, 6.07) is 6.47. The van der Waals surface area contributed by atoms with Crippen molar-refractivity contribution in [3.05, 3.63) is 35.4 Å². The lowest BCUT2D eigenvalue weighted by molar-refractivity contribution is 0.0695. The van der Waals surface area contributed by atoms with Crippen LogP contribution in [0.5, 0.6) is 0 Å². The highest BCUT2D eigenvalue weighted by molar-refractivity contribution is 5.89. The van der Waals surface area contributed by atoms with E-state index >= 15 is 0 Å². The first-order valence-electron chi connectivity index (χ1n) is 6.40. The van der Waals surface area contributed by atoms with Gasteiger partial charge in [-0.2, -0.15) is 0 Å². The van der Waals surface area contributed by atoms with Crippen molar-refractivity contribution >= 4 is 12.0 Å². The smallest absolute Gasteiger partial charge is 0.335 e. The standard InChI is InChI=1S/C14H20N2O4/c1-10(20-2)9-16-14(19)15-8-7-11-5-3-4-6-12(11)13(17)18/h3-6,10H,7-9H2,1-2H3,(H,17,18)(H2,15,16,19). The van der Waals surface area contributed by atoms with Gasteiger partial charge in [-0.25, -0.2) is 9.59 Å². The summed E-state index contributed by atoms with van der Waals surface area (Å²) < 4.78 is 5.01. The molecule has 0 aliphatic heterocycles. The van der Waals surface area contributed by atoms with Gasteiger partial charge in [0.15, 0.2) is 0 Å². The quantitative estimate of drug-likeness (QED) is 0.701. The largest absolute Gasteiger partial charge is 0.478 e. The summed E-state index contributed by atoms with van der Waals surface area (Å²) in [5, 5.41) is 14.4. The maximum absolute atomic E-state index is 11.5. The fourth-order valence-corrected chi connectivity index (χ4v) is 1.64. The SMILES string of the molecule is COC(C)CNC(=O)NCCc1ccccc1C(=O)O. The molecule has 0 spiro atoms. The van der Waals surface area contributed by atoms with E-state index < -0.39 is 5.97 Å².